The summed E-state index contributed by atoms with van der Waals surface area (Å²) in [6.07, 6.45) is 1.56. The number of aromatic nitrogens is 1. The zero-order chi connectivity index (χ0) is 28.2. The SMILES string of the molecule is COc1ccc2cc1OCC(=O)NCc1ccc(cc1)O[C@@H]1CCN(C(=O)c3ccc(=O)n(C)c3)C[C@@H]1NC2=O. The molecule has 0 unspecified atom stereocenters. The van der Waals surface area contributed by atoms with Gasteiger partial charge in [-0.25, -0.2) is 0 Å². The van der Waals surface area contributed by atoms with Gasteiger partial charge in [-0.1, -0.05) is 12.1 Å². The normalized spacial score (nSPS) is 19.3. The summed E-state index contributed by atoms with van der Waals surface area (Å²) < 4.78 is 18.7. The van der Waals surface area contributed by atoms with Crippen LogP contribution >= 0.6 is 0 Å². The van der Waals surface area contributed by atoms with Crippen molar-refractivity contribution in [1.29, 1.82) is 0 Å². The average molecular weight is 547 g/mol. The lowest BCUT2D eigenvalue weighted by Gasteiger charge is -2.39. The third-order valence-corrected chi connectivity index (χ3v) is 6.97. The van der Waals surface area contributed by atoms with Crippen LogP contribution in [0.5, 0.6) is 17.2 Å². The molecule has 11 nitrogen and oxygen atoms in total. The molecule has 3 aliphatic rings. The van der Waals surface area contributed by atoms with Crippen molar-refractivity contribution >= 4 is 17.7 Å². The van der Waals surface area contributed by atoms with Gasteiger partial charge in [-0.2, -0.15) is 0 Å². The van der Waals surface area contributed by atoms with Gasteiger partial charge in [0.15, 0.2) is 18.1 Å². The van der Waals surface area contributed by atoms with Gasteiger partial charge in [0.1, 0.15) is 11.9 Å². The molecular formula is C29H30N4O7. The van der Waals surface area contributed by atoms with Crippen LogP contribution in [0.2, 0.25) is 0 Å². The smallest absolute Gasteiger partial charge is 0.258 e. The quantitative estimate of drug-likeness (QED) is 0.499. The van der Waals surface area contributed by atoms with Gasteiger partial charge >= 0.3 is 0 Å². The lowest BCUT2D eigenvalue weighted by molar-refractivity contribution is -0.123. The standard InChI is InChI=1S/C29H30N4O7/c1-32-15-20(6-10-27(32)35)29(37)33-12-11-23-22(16-33)31-28(36)19-5-9-24(38-2)25(13-19)39-17-26(34)30-14-18-3-7-21(40-23)8-4-18/h3-10,13,15,22-23H,11-12,14,16-17H2,1-2H3,(H,30,34)(H,31,36)/t22-,23+/m0/s1. The molecule has 40 heavy (non-hydrogen) atoms. The van der Waals surface area contributed by atoms with E-state index >= 15 is 0 Å². The van der Waals surface area contributed by atoms with E-state index in [1.54, 1.807) is 24.1 Å². The number of hydrogen-bond acceptors (Lipinski definition) is 7. The molecule has 3 amide bonds. The van der Waals surface area contributed by atoms with Crippen molar-refractivity contribution in [2.75, 3.05) is 26.8 Å². The summed E-state index contributed by atoms with van der Waals surface area (Å²) in [5.74, 6) is 0.277. The van der Waals surface area contributed by atoms with Crippen molar-refractivity contribution in [2.45, 2.75) is 25.1 Å². The van der Waals surface area contributed by atoms with E-state index in [-0.39, 0.29) is 36.3 Å². The van der Waals surface area contributed by atoms with Crippen LogP contribution in [0, 0.1) is 0 Å². The van der Waals surface area contributed by atoms with Crippen LogP contribution in [-0.4, -0.2) is 66.1 Å². The van der Waals surface area contributed by atoms with E-state index in [4.69, 9.17) is 14.2 Å². The largest absolute Gasteiger partial charge is 0.493 e. The number of carbonyl (C=O) groups excluding carboxylic acids is 3. The zero-order valence-corrected chi connectivity index (χ0v) is 22.2. The lowest BCUT2D eigenvalue weighted by atomic mass is 10.00. The Hall–Kier alpha value is -4.80. The Kier molecular flexibility index (Phi) is 7.72. The van der Waals surface area contributed by atoms with Crippen LogP contribution in [0.1, 0.15) is 32.7 Å². The Balaban J connectivity index is 1.44. The number of benzene rings is 2. The summed E-state index contributed by atoms with van der Waals surface area (Å²) in [5, 5.41) is 5.83. The average Bonchev–Trinajstić information content (AvgIpc) is 2.97. The van der Waals surface area contributed by atoms with Crippen molar-refractivity contribution in [3.05, 3.63) is 87.8 Å². The number of aryl methyl sites for hydroxylation is 1. The number of pyridine rings is 1. The van der Waals surface area contributed by atoms with Gasteiger partial charge in [-0.05, 0) is 42.0 Å². The molecule has 0 saturated carbocycles. The number of nitrogens with one attached hydrogen (secondary N) is 2. The number of amides is 3. The summed E-state index contributed by atoms with van der Waals surface area (Å²) in [4.78, 5) is 52.5. The molecule has 1 aromatic heterocycles. The number of nitrogens with zero attached hydrogens (tertiary/aromatic N) is 2. The molecule has 0 aliphatic carbocycles. The Morgan fingerprint density at radius 1 is 1.05 bits per heavy atom. The molecular weight excluding hydrogens is 516 g/mol. The van der Waals surface area contributed by atoms with Gasteiger partial charge in [0.05, 0.1) is 18.7 Å². The first-order valence-electron chi connectivity index (χ1n) is 12.9. The molecule has 2 atom stereocenters. The number of piperidine rings is 1. The van der Waals surface area contributed by atoms with Crippen LogP contribution in [0.3, 0.4) is 0 Å². The second kappa shape index (κ2) is 11.5. The monoisotopic (exact) mass is 546 g/mol. The second-order valence-corrected chi connectivity index (χ2v) is 9.72. The summed E-state index contributed by atoms with van der Waals surface area (Å²) in [6, 6.07) is 14.4. The van der Waals surface area contributed by atoms with E-state index in [9.17, 15) is 19.2 Å². The van der Waals surface area contributed by atoms with E-state index in [0.29, 0.717) is 42.1 Å². The number of ether oxygens (including phenoxy) is 3. The van der Waals surface area contributed by atoms with Gasteiger partial charge in [0, 0.05) is 50.9 Å². The van der Waals surface area contributed by atoms with Crippen LogP contribution < -0.4 is 30.4 Å². The molecule has 1 fully saturated rings. The highest BCUT2D eigenvalue weighted by atomic mass is 16.5. The molecule has 3 aromatic rings. The van der Waals surface area contributed by atoms with Crippen molar-refractivity contribution < 1.29 is 28.6 Å². The third kappa shape index (κ3) is 5.93. The number of hydrogen-bond donors (Lipinski definition) is 2. The van der Waals surface area contributed by atoms with Crippen molar-refractivity contribution in [2.24, 2.45) is 7.05 Å². The minimum atomic E-state index is -0.539. The van der Waals surface area contributed by atoms with Gasteiger partial charge in [-0.3, -0.25) is 19.2 Å². The highest BCUT2D eigenvalue weighted by Crippen LogP contribution is 2.29. The fraction of sp³-hybridized carbons (Fsp3) is 0.310. The highest BCUT2D eigenvalue weighted by molar-refractivity contribution is 5.96. The van der Waals surface area contributed by atoms with E-state index in [1.807, 2.05) is 24.3 Å². The molecule has 11 heteroatoms. The Morgan fingerprint density at radius 3 is 2.60 bits per heavy atom. The number of likely N-dealkylation sites (tertiary alicyclic amines) is 1. The van der Waals surface area contributed by atoms with Gasteiger partial charge in [0.2, 0.25) is 5.56 Å². The second-order valence-electron chi connectivity index (χ2n) is 9.72. The molecule has 4 bridgehead atoms. The molecule has 1 saturated heterocycles. The Labute approximate surface area is 230 Å². The first-order chi connectivity index (χ1) is 19.3. The predicted octanol–water partition coefficient (Wildman–Crippen LogP) is 1.49. The van der Waals surface area contributed by atoms with Crippen molar-refractivity contribution in [3.63, 3.8) is 0 Å². The maximum absolute atomic E-state index is 13.4. The number of methoxy groups -OCH3 is 1. The van der Waals surface area contributed by atoms with E-state index in [1.165, 1.54) is 36.1 Å². The van der Waals surface area contributed by atoms with Crippen LogP contribution in [0.15, 0.2) is 65.6 Å². The van der Waals surface area contributed by atoms with Gasteiger partial charge < -0.3 is 34.3 Å². The number of rotatable bonds is 2. The topological polar surface area (TPSA) is 128 Å². The number of carbonyl (C=O) groups is 3. The summed E-state index contributed by atoms with van der Waals surface area (Å²) in [7, 11) is 3.06. The summed E-state index contributed by atoms with van der Waals surface area (Å²) in [5.41, 5.74) is 1.35. The molecule has 6 rings (SSSR count). The molecule has 2 N–H and O–H groups in total. The minimum absolute atomic E-state index is 0.202. The first kappa shape index (κ1) is 26.8. The third-order valence-electron chi connectivity index (χ3n) is 6.97. The minimum Gasteiger partial charge on any atom is -0.493 e. The molecule has 208 valence electrons. The summed E-state index contributed by atoms with van der Waals surface area (Å²) in [6.45, 7) is 0.667. The maximum atomic E-state index is 13.4. The van der Waals surface area contributed by atoms with Gasteiger partial charge in [-0.15, -0.1) is 0 Å². The van der Waals surface area contributed by atoms with Crippen molar-refractivity contribution in [1.82, 2.24) is 20.1 Å². The van der Waals surface area contributed by atoms with E-state index in [0.717, 1.165) is 5.56 Å². The number of fused-ring (bicyclic) bond motifs is 7. The molecule has 0 spiro atoms. The summed E-state index contributed by atoms with van der Waals surface area (Å²) >= 11 is 0. The van der Waals surface area contributed by atoms with Crippen LogP contribution in [-0.2, 0) is 18.4 Å². The predicted molar refractivity (Wildman–Crippen MR) is 145 cm³/mol. The first-order valence-corrected chi connectivity index (χ1v) is 12.9. The van der Waals surface area contributed by atoms with Crippen LogP contribution in [0.25, 0.3) is 0 Å². The molecule has 0 radical (unpaired) electrons. The van der Waals surface area contributed by atoms with Crippen molar-refractivity contribution in [3.8, 4) is 17.2 Å². The fourth-order valence-corrected chi connectivity index (χ4v) is 4.74. The Morgan fingerprint density at radius 2 is 1.85 bits per heavy atom. The molecule has 2 aromatic carbocycles. The zero-order valence-electron chi connectivity index (χ0n) is 22.2. The Bertz CT molecular complexity index is 1480. The molecule has 4 heterocycles. The van der Waals surface area contributed by atoms with E-state index in [2.05, 4.69) is 10.6 Å². The lowest BCUT2D eigenvalue weighted by Crippen LogP contribution is -2.58. The van der Waals surface area contributed by atoms with Crippen LogP contribution in [0.4, 0.5) is 0 Å². The molecule has 3 aliphatic heterocycles. The van der Waals surface area contributed by atoms with E-state index < -0.39 is 18.1 Å². The highest BCUT2D eigenvalue weighted by Gasteiger charge is 2.35. The maximum Gasteiger partial charge on any atom is 0.258 e. The fourth-order valence-electron chi connectivity index (χ4n) is 4.74. The van der Waals surface area contributed by atoms with Gasteiger partial charge in [0.25, 0.3) is 17.7 Å².